The van der Waals surface area contributed by atoms with Gasteiger partial charge in [-0.3, -0.25) is 4.98 Å². The summed E-state index contributed by atoms with van der Waals surface area (Å²) in [4.78, 5) is 6.71. The van der Waals surface area contributed by atoms with E-state index in [9.17, 15) is 0 Å². The second kappa shape index (κ2) is 4.49. The number of hydrogen-bond donors (Lipinski definition) is 0. The maximum atomic E-state index is 4.43. The van der Waals surface area contributed by atoms with Crippen LogP contribution >= 0.6 is 0 Å². The van der Waals surface area contributed by atoms with E-state index in [4.69, 9.17) is 0 Å². The second-order valence-corrected chi connectivity index (χ2v) is 4.99. The fraction of sp³-hybridized carbons (Fsp3) is 0.0556. The molecule has 1 aliphatic rings. The maximum Gasteiger partial charge on any atom is 0.0722 e. The Morgan fingerprint density at radius 2 is 1.75 bits per heavy atom. The number of rotatable bonds is 1. The van der Waals surface area contributed by atoms with Crippen LogP contribution in [0.5, 0.6) is 0 Å². The molecule has 96 valence electrons. The topological polar surface area (TPSA) is 16.1 Å². The first-order valence-electron chi connectivity index (χ1n) is 6.78. The molecular formula is C18H14N2. The van der Waals surface area contributed by atoms with Crippen molar-refractivity contribution in [3.8, 4) is 0 Å². The van der Waals surface area contributed by atoms with Crippen molar-refractivity contribution in [1.29, 1.82) is 0 Å². The lowest BCUT2D eigenvalue weighted by Crippen LogP contribution is -2.19. The molecule has 0 fully saturated rings. The fourth-order valence-electron chi connectivity index (χ4n) is 2.74. The van der Waals surface area contributed by atoms with Crippen LogP contribution < -0.4 is 4.90 Å². The molecule has 0 amide bonds. The number of benzene rings is 2. The molecular weight excluding hydrogens is 244 g/mol. The number of anilines is 1. The Labute approximate surface area is 118 Å². The van der Waals surface area contributed by atoms with Crippen LogP contribution in [0, 0.1) is 0 Å². The Kier molecular flexibility index (Phi) is 2.52. The Bertz CT molecular complexity index is 800. The maximum absolute atomic E-state index is 4.43. The summed E-state index contributed by atoms with van der Waals surface area (Å²) < 4.78 is 0. The molecule has 0 spiro atoms. The molecule has 2 heteroatoms. The van der Waals surface area contributed by atoms with Crippen LogP contribution in [0.2, 0.25) is 0 Å². The first kappa shape index (κ1) is 11.2. The fourth-order valence-corrected chi connectivity index (χ4v) is 2.74. The lowest BCUT2D eigenvalue weighted by atomic mass is 10.0. The van der Waals surface area contributed by atoms with Gasteiger partial charge in [-0.05, 0) is 29.3 Å². The highest BCUT2D eigenvalue weighted by molar-refractivity contribution is 5.92. The summed E-state index contributed by atoms with van der Waals surface area (Å²) in [6, 6.07) is 18.9. The highest BCUT2D eigenvalue weighted by Crippen LogP contribution is 2.30. The smallest absolute Gasteiger partial charge is 0.0722 e. The normalized spacial score (nSPS) is 13.5. The van der Waals surface area contributed by atoms with E-state index >= 15 is 0 Å². The van der Waals surface area contributed by atoms with Crippen LogP contribution in [-0.4, -0.2) is 4.98 Å². The minimum absolute atomic E-state index is 0.903. The minimum Gasteiger partial charge on any atom is -0.343 e. The highest BCUT2D eigenvalue weighted by atomic mass is 15.1. The van der Waals surface area contributed by atoms with E-state index < -0.39 is 0 Å². The number of para-hydroxylation sites is 1. The molecule has 0 atom stereocenters. The van der Waals surface area contributed by atoms with Crippen LogP contribution in [0.25, 0.3) is 17.0 Å². The summed E-state index contributed by atoms with van der Waals surface area (Å²) in [5.41, 5.74) is 4.91. The van der Waals surface area contributed by atoms with Gasteiger partial charge >= 0.3 is 0 Å². The molecule has 0 saturated carbocycles. The van der Waals surface area contributed by atoms with Gasteiger partial charge in [-0.1, -0.05) is 42.5 Å². The van der Waals surface area contributed by atoms with Gasteiger partial charge < -0.3 is 4.90 Å². The van der Waals surface area contributed by atoms with Crippen molar-refractivity contribution in [3.05, 3.63) is 78.1 Å². The average molecular weight is 258 g/mol. The summed E-state index contributed by atoms with van der Waals surface area (Å²) in [5, 5.41) is 1.19. The van der Waals surface area contributed by atoms with Gasteiger partial charge in [0.2, 0.25) is 0 Å². The molecule has 0 unspecified atom stereocenters. The van der Waals surface area contributed by atoms with Gasteiger partial charge in [-0.25, -0.2) is 0 Å². The van der Waals surface area contributed by atoms with Crippen LogP contribution in [0.1, 0.15) is 11.1 Å². The molecule has 20 heavy (non-hydrogen) atoms. The van der Waals surface area contributed by atoms with Crippen molar-refractivity contribution in [3.63, 3.8) is 0 Å². The van der Waals surface area contributed by atoms with Gasteiger partial charge in [-0.15, -0.1) is 0 Å². The summed E-state index contributed by atoms with van der Waals surface area (Å²) in [5.74, 6) is 0. The molecule has 0 aliphatic carbocycles. The van der Waals surface area contributed by atoms with Crippen LogP contribution in [0.4, 0.5) is 5.69 Å². The lowest BCUT2D eigenvalue weighted by molar-refractivity contribution is 0.958. The molecule has 0 radical (unpaired) electrons. The van der Waals surface area contributed by atoms with Gasteiger partial charge in [0.15, 0.2) is 0 Å². The standard InChI is InChI=1S/C18H14N2/c1-2-6-15-13-20(12-10-14(15)5-1)18-9-11-19-17-8-4-3-7-16(17)18/h1-12H,13H2. The van der Waals surface area contributed by atoms with Crippen LogP contribution in [0.15, 0.2) is 67.0 Å². The van der Waals surface area contributed by atoms with Crippen molar-refractivity contribution in [2.75, 3.05) is 4.90 Å². The lowest BCUT2D eigenvalue weighted by Gasteiger charge is -2.26. The Morgan fingerprint density at radius 1 is 0.900 bits per heavy atom. The molecule has 3 aromatic rings. The summed E-state index contributed by atoms with van der Waals surface area (Å²) in [7, 11) is 0. The molecule has 2 heterocycles. The number of fused-ring (bicyclic) bond motifs is 2. The predicted molar refractivity (Wildman–Crippen MR) is 83.4 cm³/mol. The van der Waals surface area contributed by atoms with E-state index in [0.29, 0.717) is 0 Å². The Balaban J connectivity index is 1.82. The highest BCUT2D eigenvalue weighted by Gasteiger charge is 2.13. The van der Waals surface area contributed by atoms with E-state index in [0.717, 1.165) is 12.1 Å². The molecule has 0 saturated heterocycles. The zero-order chi connectivity index (χ0) is 13.4. The van der Waals surface area contributed by atoms with Gasteiger partial charge in [-0.2, -0.15) is 0 Å². The van der Waals surface area contributed by atoms with E-state index in [1.165, 1.54) is 22.2 Å². The third kappa shape index (κ3) is 1.77. The van der Waals surface area contributed by atoms with Crippen molar-refractivity contribution < 1.29 is 0 Å². The van der Waals surface area contributed by atoms with Crippen LogP contribution in [-0.2, 0) is 6.54 Å². The quantitative estimate of drug-likeness (QED) is 0.649. The van der Waals surface area contributed by atoms with E-state index in [1.807, 2.05) is 12.3 Å². The number of aromatic nitrogens is 1. The molecule has 2 nitrogen and oxygen atoms in total. The van der Waals surface area contributed by atoms with E-state index in [-0.39, 0.29) is 0 Å². The van der Waals surface area contributed by atoms with Crippen molar-refractivity contribution in [2.45, 2.75) is 6.54 Å². The van der Waals surface area contributed by atoms with Gasteiger partial charge in [0, 0.05) is 24.3 Å². The molecule has 4 rings (SSSR count). The molecule has 1 aromatic heterocycles. The average Bonchev–Trinajstić information content (AvgIpc) is 2.54. The van der Waals surface area contributed by atoms with E-state index in [1.54, 1.807) is 0 Å². The van der Waals surface area contributed by atoms with Crippen LogP contribution in [0.3, 0.4) is 0 Å². The Hall–Kier alpha value is -2.61. The third-order valence-corrected chi connectivity index (χ3v) is 3.77. The Morgan fingerprint density at radius 3 is 2.75 bits per heavy atom. The van der Waals surface area contributed by atoms with Gasteiger partial charge in [0.1, 0.15) is 0 Å². The van der Waals surface area contributed by atoms with Crippen molar-refractivity contribution >= 4 is 22.7 Å². The minimum atomic E-state index is 0.903. The van der Waals surface area contributed by atoms with Crippen molar-refractivity contribution in [1.82, 2.24) is 4.98 Å². The monoisotopic (exact) mass is 258 g/mol. The third-order valence-electron chi connectivity index (χ3n) is 3.77. The number of nitrogens with zero attached hydrogens (tertiary/aromatic N) is 2. The largest absolute Gasteiger partial charge is 0.343 e. The predicted octanol–water partition coefficient (Wildman–Crippen LogP) is 4.23. The summed E-state index contributed by atoms with van der Waals surface area (Å²) in [6.07, 6.45) is 6.21. The van der Waals surface area contributed by atoms with Gasteiger partial charge in [0.05, 0.1) is 11.2 Å². The molecule has 0 N–H and O–H groups in total. The zero-order valence-corrected chi connectivity index (χ0v) is 11.0. The van der Waals surface area contributed by atoms with E-state index in [2.05, 4.69) is 70.7 Å². The number of hydrogen-bond acceptors (Lipinski definition) is 2. The second-order valence-electron chi connectivity index (χ2n) is 4.99. The molecule has 2 aromatic carbocycles. The number of pyridine rings is 1. The first-order valence-corrected chi connectivity index (χ1v) is 6.78. The summed E-state index contributed by atoms with van der Waals surface area (Å²) >= 11 is 0. The van der Waals surface area contributed by atoms with Crippen molar-refractivity contribution in [2.24, 2.45) is 0 Å². The molecule has 1 aliphatic heterocycles. The van der Waals surface area contributed by atoms with Gasteiger partial charge in [0.25, 0.3) is 0 Å². The SMILES string of the molecule is C1=CN(c2ccnc3ccccc23)Cc2ccccc21. The first-order chi connectivity index (χ1) is 9.92. The molecule has 0 bridgehead atoms. The summed E-state index contributed by atoms with van der Waals surface area (Å²) in [6.45, 7) is 0.903. The zero-order valence-electron chi connectivity index (χ0n) is 11.0.